The fourth-order valence-corrected chi connectivity index (χ4v) is 3.67. The molecule has 0 nitrogen and oxygen atoms in total. The van der Waals surface area contributed by atoms with E-state index in [1.54, 1.807) is 0 Å². The summed E-state index contributed by atoms with van der Waals surface area (Å²) >= 11 is 0. The summed E-state index contributed by atoms with van der Waals surface area (Å²) in [5.41, 5.74) is 0. The molecule has 0 saturated carbocycles. The first-order valence-electron chi connectivity index (χ1n) is 11.5. The fourth-order valence-electron chi connectivity index (χ4n) is 3.67. The molecule has 0 aliphatic heterocycles. The van der Waals surface area contributed by atoms with Crippen molar-refractivity contribution in [3.8, 4) is 0 Å². The minimum atomic E-state index is 1.02. The molecule has 1 unspecified atom stereocenters. The van der Waals surface area contributed by atoms with E-state index >= 15 is 0 Å². The Labute approximate surface area is 154 Å². The van der Waals surface area contributed by atoms with Crippen LogP contribution in [-0.4, -0.2) is 0 Å². The molecule has 0 rings (SSSR count). The van der Waals surface area contributed by atoms with E-state index in [1.165, 1.54) is 116 Å². The lowest BCUT2D eigenvalue weighted by atomic mass is 9.91. The van der Waals surface area contributed by atoms with E-state index in [-0.39, 0.29) is 0 Å². The zero-order valence-corrected chi connectivity index (χ0v) is 17.5. The summed E-state index contributed by atoms with van der Waals surface area (Å²) in [7, 11) is 0. The monoisotopic (exact) mass is 336 g/mol. The van der Waals surface area contributed by atoms with Gasteiger partial charge in [0.15, 0.2) is 0 Å². The van der Waals surface area contributed by atoms with Gasteiger partial charge in [-0.15, -0.1) is 0 Å². The van der Waals surface area contributed by atoms with Crippen LogP contribution < -0.4 is 0 Å². The molecule has 0 radical (unpaired) electrons. The standard InChI is InChI=1S/C24H48/c1-4-7-9-10-11-12-13-14-15-16-17-18-20-23-24(21-6-3)22-19-8-5-2/h14-15,24H,4-13,16-23H2,1-3H3. The Kier molecular flexibility index (Phi) is 20.6. The first-order chi connectivity index (χ1) is 11.8. The van der Waals surface area contributed by atoms with Crippen LogP contribution in [0.1, 0.15) is 136 Å². The summed E-state index contributed by atoms with van der Waals surface area (Å²) in [6.07, 6.45) is 30.4. The predicted octanol–water partition coefficient (Wildman–Crippen LogP) is 9.24. The Bertz CT molecular complexity index is 240. The first kappa shape index (κ1) is 23.7. The van der Waals surface area contributed by atoms with Crippen molar-refractivity contribution in [2.24, 2.45) is 5.92 Å². The van der Waals surface area contributed by atoms with Gasteiger partial charge in [0, 0.05) is 0 Å². The lowest BCUT2D eigenvalue weighted by molar-refractivity contribution is 0.382. The van der Waals surface area contributed by atoms with Crippen LogP contribution >= 0.6 is 0 Å². The second-order valence-electron chi connectivity index (χ2n) is 7.82. The Morgan fingerprint density at radius 2 is 0.917 bits per heavy atom. The van der Waals surface area contributed by atoms with E-state index in [0.29, 0.717) is 0 Å². The van der Waals surface area contributed by atoms with Crippen LogP contribution in [-0.2, 0) is 0 Å². The van der Waals surface area contributed by atoms with Gasteiger partial charge in [-0.2, -0.15) is 0 Å². The molecule has 0 aromatic rings. The van der Waals surface area contributed by atoms with Gasteiger partial charge < -0.3 is 0 Å². The largest absolute Gasteiger partial charge is 0.0885 e. The van der Waals surface area contributed by atoms with Crippen LogP contribution in [0.5, 0.6) is 0 Å². The van der Waals surface area contributed by atoms with Gasteiger partial charge >= 0.3 is 0 Å². The Morgan fingerprint density at radius 1 is 0.458 bits per heavy atom. The normalized spacial score (nSPS) is 13.0. The van der Waals surface area contributed by atoms with Crippen LogP contribution in [0.4, 0.5) is 0 Å². The van der Waals surface area contributed by atoms with Gasteiger partial charge in [0.05, 0.1) is 0 Å². The molecule has 0 aromatic carbocycles. The summed E-state index contributed by atoms with van der Waals surface area (Å²) in [5, 5.41) is 0. The minimum Gasteiger partial charge on any atom is -0.0885 e. The maximum absolute atomic E-state index is 2.44. The zero-order chi connectivity index (χ0) is 17.7. The number of rotatable bonds is 19. The minimum absolute atomic E-state index is 1.02. The van der Waals surface area contributed by atoms with Gasteiger partial charge in [-0.3, -0.25) is 0 Å². The number of hydrogen-bond acceptors (Lipinski definition) is 0. The molecule has 0 bridgehead atoms. The molecule has 0 N–H and O–H groups in total. The highest BCUT2D eigenvalue weighted by Gasteiger charge is 2.06. The Balaban J connectivity index is 3.38. The molecule has 0 heterocycles. The first-order valence-corrected chi connectivity index (χ1v) is 11.5. The van der Waals surface area contributed by atoms with E-state index in [9.17, 15) is 0 Å². The van der Waals surface area contributed by atoms with Crippen molar-refractivity contribution in [3.63, 3.8) is 0 Å². The van der Waals surface area contributed by atoms with Gasteiger partial charge in [-0.1, -0.05) is 123 Å². The quantitative estimate of drug-likeness (QED) is 0.163. The maximum Gasteiger partial charge on any atom is -0.0351 e. The smallest absolute Gasteiger partial charge is 0.0351 e. The zero-order valence-electron chi connectivity index (χ0n) is 17.5. The molecule has 0 saturated heterocycles. The maximum atomic E-state index is 2.44. The molecule has 0 amide bonds. The van der Waals surface area contributed by atoms with E-state index in [0.717, 1.165) is 5.92 Å². The van der Waals surface area contributed by atoms with E-state index in [2.05, 4.69) is 32.9 Å². The van der Waals surface area contributed by atoms with Crippen molar-refractivity contribution in [2.75, 3.05) is 0 Å². The third kappa shape index (κ3) is 18.1. The molecule has 0 fully saturated rings. The second-order valence-corrected chi connectivity index (χ2v) is 7.82. The summed E-state index contributed by atoms with van der Waals surface area (Å²) in [5.74, 6) is 1.02. The van der Waals surface area contributed by atoms with Crippen LogP contribution in [0.2, 0.25) is 0 Å². The highest BCUT2D eigenvalue weighted by Crippen LogP contribution is 2.22. The summed E-state index contributed by atoms with van der Waals surface area (Å²) < 4.78 is 0. The number of allylic oxidation sites excluding steroid dienone is 2. The van der Waals surface area contributed by atoms with Gasteiger partial charge in [0.1, 0.15) is 0 Å². The highest BCUT2D eigenvalue weighted by molar-refractivity contribution is 4.81. The third-order valence-electron chi connectivity index (χ3n) is 5.29. The van der Waals surface area contributed by atoms with Gasteiger partial charge in [-0.25, -0.2) is 0 Å². The predicted molar refractivity (Wildman–Crippen MR) is 113 cm³/mol. The third-order valence-corrected chi connectivity index (χ3v) is 5.29. The van der Waals surface area contributed by atoms with Crippen LogP contribution in [0.15, 0.2) is 12.2 Å². The molecule has 24 heavy (non-hydrogen) atoms. The topological polar surface area (TPSA) is 0 Å². The van der Waals surface area contributed by atoms with Gasteiger partial charge in [-0.05, 0) is 31.6 Å². The molecule has 0 aliphatic rings. The molecular weight excluding hydrogens is 288 g/mol. The molecule has 0 aliphatic carbocycles. The second kappa shape index (κ2) is 20.8. The molecule has 0 aromatic heterocycles. The molecule has 1 atom stereocenters. The van der Waals surface area contributed by atoms with Crippen molar-refractivity contribution in [1.29, 1.82) is 0 Å². The number of unbranched alkanes of at least 4 members (excludes halogenated alkanes) is 11. The average molecular weight is 337 g/mol. The summed E-state index contributed by atoms with van der Waals surface area (Å²) in [6, 6.07) is 0. The van der Waals surface area contributed by atoms with Crippen LogP contribution in [0.3, 0.4) is 0 Å². The molecule has 0 heteroatoms. The van der Waals surface area contributed by atoms with Gasteiger partial charge in [0.2, 0.25) is 0 Å². The lowest BCUT2D eigenvalue weighted by Crippen LogP contribution is -2.00. The summed E-state index contributed by atoms with van der Waals surface area (Å²) in [6.45, 7) is 6.95. The lowest BCUT2D eigenvalue weighted by Gasteiger charge is -2.15. The van der Waals surface area contributed by atoms with Crippen molar-refractivity contribution in [3.05, 3.63) is 12.2 Å². The fraction of sp³-hybridized carbons (Fsp3) is 0.917. The van der Waals surface area contributed by atoms with E-state index in [4.69, 9.17) is 0 Å². The molecule has 144 valence electrons. The van der Waals surface area contributed by atoms with Gasteiger partial charge in [0.25, 0.3) is 0 Å². The van der Waals surface area contributed by atoms with Crippen molar-refractivity contribution in [2.45, 2.75) is 136 Å². The Morgan fingerprint density at radius 3 is 1.50 bits per heavy atom. The van der Waals surface area contributed by atoms with Crippen molar-refractivity contribution < 1.29 is 0 Å². The average Bonchev–Trinajstić information content (AvgIpc) is 2.59. The van der Waals surface area contributed by atoms with Crippen molar-refractivity contribution in [1.82, 2.24) is 0 Å². The molecule has 0 spiro atoms. The Hall–Kier alpha value is -0.260. The van der Waals surface area contributed by atoms with Crippen LogP contribution in [0.25, 0.3) is 0 Å². The molecular formula is C24H48. The van der Waals surface area contributed by atoms with E-state index in [1.807, 2.05) is 0 Å². The highest BCUT2D eigenvalue weighted by atomic mass is 14.1. The number of hydrogen-bond donors (Lipinski definition) is 0. The van der Waals surface area contributed by atoms with E-state index < -0.39 is 0 Å². The van der Waals surface area contributed by atoms with Crippen LogP contribution in [0, 0.1) is 5.92 Å². The summed E-state index contributed by atoms with van der Waals surface area (Å²) in [4.78, 5) is 0. The van der Waals surface area contributed by atoms with Crippen molar-refractivity contribution >= 4 is 0 Å². The SMILES string of the molecule is CCCCCCCCC=CCCCCCC(CCC)CCCCC.